The summed E-state index contributed by atoms with van der Waals surface area (Å²) < 4.78 is 7.86. The molecule has 0 bridgehead atoms. The van der Waals surface area contributed by atoms with Gasteiger partial charge < -0.3 is 9.32 Å². The number of aromatic nitrogens is 1. The lowest BCUT2D eigenvalue weighted by atomic mass is 10.0. The van der Waals surface area contributed by atoms with Crippen LogP contribution in [-0.4, -0.2) is 4.98 Å². The number of anilines is 3. The molecule has 2 heterocycles. The lowest BCUT2D eigenvalue weighted by Crippen LogP contribution is -2.09. The molecular weight excluding hydrogens is 665 g/mol. The van der Waals surface area contributed by atoms with Crippen molar-refractivity contribution in [2.24, 2.45) is 0 Å². The van der Waals surface area contributed by atoms with Crippen molar-refractivity contribution in [2.45, 2.75) is 0 Å². The van der Waals surface area contributed by atoms with Crippen molar-refractivity contribution in [3.05, 3.63) is 182 Å². The third kappa shape index (κ3) is 5.15. The molecule has 0 aliphatic heterocycles. The molecule has 53 heavy (non-hydrogen) atoms. The fourth-order valence-electron chi connectivity index (χ4n) is 7.71. The number of hydrogen-bond acceptors (Lipinski definition) is 4. The van der Waals surface area contributed by atoms with Gasteiger partial charge in [-0.3, -0.25) is 0 Å². The number of hydrogen-bond donors (Lipinski definition) is 0. The van der Waals surface area contributed by atoms with Gasteiger partial charge in [0.2, 0.25) is 0 Å². The molecule has 0 aliphatic rings. The Bertz CT molecular complexity index is 3160. The molecule has 0 spiro atoms. The summed E-state index contributed by atoms with van der Waals surface area (Å²) in [6.07, 6.45) is 0. The minimum absolute atomic E-state index is 0.860. The highest BCUT2D eigenvalue weighted by Gasteiger charge is 2.17. The fraction of sp³-hybridized carbons (Fsp3) is 0. The van der Waals surface area contributed by atoms with E-state index in [1.54, 1.807) is 11.3 Å². The smallest absolute Gasteiger partial charge is 0.137 e. The van der Waals surface area contributed by atoms with Crippen LogP contribution in [0.2, 0.25) is 0 Å². The number of rotatable bonds is 5. The number of fused-ring (bicyclic) bond motifs is 7. The maximum Gasteiger partial charge on any atom is 0.137 e. The van der Waals surface area contributed by atoms with Crippen LogP contribution in [-0.2, 0) is 0 Å². The Balaban J connectivity index is 0.997. The van der Waals surface area contributed by atoms with Crippen molar-refractivity contribution < 1.29 is 4.42 Å². The van der Waals surface area contributed by atoms with Crippen molar-refractivity contribution in [1.29, 1.82) is 0 Å². The Labute approximate surface area is 309 Å². The largest absolute Gasteiger partial charge is 0.456 e. The highest BCUT2D eigenvalue weighted by Crippen LogP contribution is 2.41. The molecule has 0 radical (unpaired) electrons. The van der Waals surface area contributed by atoms with E-state index in [4.69, 9.17) is 9.40 Å². The highest BCUT2D eigenvalue weighted by atomic mass is 32.1. The molecular formula is C49H30N2OS. The average Bonchev–Trinajstić information content (AvgIpc) is 3.81. The van der Waals surface area contributed by atoms with Crippen molar-refractivity contribution in [3.8, 4) is 21.7 Å². The molecule has 0 atom stereocenters. The maximum absolute atomic E-state index is 6.66. The van der Waals surface area contributed by atoms with Gasteiger partial charge in [0.15, 0.2) is 0 Å². The molecule has 4 heteroatoms. The second-order valence-electron chi connectivity index (χ2n) is 13.7. The Morgan fingerprint density at radius 2 is 0.925 bits per heavy atom. The second-order valence-corrected chi connectivity index (χ2v) is 14.7. The number of thiazole rings is 1. The van der Waals surface area contributed by atoms with Crippen LogP contribution in [0.15, 0.2) is 186 Å². The van der Waals surface area contributed by atoms with Crippen LogP contribution >= 0.6 is 11.3 Å². The van der Waals surface area contributed by atoms with Gasteiger partial charge in [0.1, 0.15) is 16.2 Å². The second kappa shape index (κ2) is 11.9. The monoisotopic (exact) mass is 694 g/mol. The Kier molecular flexibility index (Phi) is 6.73. The van der Waals surface area contributed by atoms with E-state index in [0.29, 0.717) is 0 Å². The zero-order chi connectivity index (χ0) is 34.9. The van der Waals surface area contributed by atoms with Gasteiger partial charge in [-0.15, -0.1) is 11.3 Å². The van der Waals surface area contributed by atoms with Gasteiger partial charge in [0, 0.05) is 39.5 Å². The molecule has 0 saturated heterocycles. The van der Waals surface area contributed by atoms with E-state index < -0.39 is 0 Å². The van der Waals surface area contributed by atoms with Crippen LogP contribution in [0.5, 0.6) is 0 Å². The van der Waals surface area contributed by atoms with Crippen LogP contribution in [0.4, 0.5) is 17.1 Å². The summed E-state index contributed by atoms with van der Waals surface area (Å²) in [5, 5.41) is 10.6. The normalized spacial score (nSPS) is 11.8. The molecule has 0 unspecified atom stereocenters. The zero-order valence-electron chi connectivity index (χ0n) is 28.5. The number of benzene rings is 9. The number of furan rings is 1. The van der Waals surface area contributed by atoms with Crippen LogP contribution < -0.4 is 4.90 Å². The van der Waals surface area contributed by atoms with Crippen LogP contribution in [0.3, 0.4) is 0 Å². The van der Waals surface area contributed by atoms with Crippen molar-refractivity contribution in [1.82, 2.24) is 4.98 Å². The minimum Gasteiger partial charge on any atom is -0.456 e. The zero-order valence-corrected chi connectivity index (χ0v) is 29.3. The first-order valence-corrected chi connectivity index (χ1v) is 18.7. The van der Waals surface area contributed by atoms with Crippen LogP contribution in [0.1, 0.15) is 0 Å². The number of para-hydroxylation sites is 1. The van der Waals surface area contributed by atoms with Crippen LogP contribution in [0, 0.1) is 0 Å². The van der Waals surface area contributed by atoms with E-state index in [1.807, 2.05) is 6.07 Å². The van der Waals surface area contributed by atoms with Crippen LogP contribution in [0.25, 0.3) is 86.2 Å². The Morgan fingerprint density at radius 3 is 1.70 bits per heavy atom. The molecule has 11 aromatic rings. The molecule has 3 nitrogen and oxygen atoms in total. The lowest BCUT2D eigenvalue weighted by molar-refractivity contribution is 0.669. The summed E-state index contributed by atoms with van der Waals surface area (Å²) in [5.41, 5.74) is 9.39. The lowest BCUT2D eigenvalue weighted by Gasteiger charge is -2.26. The highest BCUT2D eigenvalue weighted by molar-refractivity contribution is 7.21. The van der Waals surface area contributed by atoms with Gasteiger partial charge >= 0.3 is 0 Å². The average molecular weight is 695 g/mol. The van der Waals surface area contributed by atoms with E-state index in [1.165, 1.54) is 37.0 Å². The Hall–Kier alpha value is -6.75. The number of nitrogens with zero attached hydrogens (tertiary/aromatic N) is 2. The van der Waals surface area contributed by atoms with Crippen molar-refractivity contribution in [2.75, 3.05) is 4.90 Å². The van der Waals surface area contributed by atoms with Gasteiger partial charge in [-0.2, -0.15) is 0 Å². The van der Waals surface area contributed by atoms with Gasteiger partial charge in [0.25, 0.3) is 0 Å². The maximum atomic E-state index is 6.66. The molecule has 0 saturated carbocycles. The fourth-order valence-corrected chi connectivity index (χ4v) is 8.69. The van der Waals surface area contributed by atoms with E-state index >= 15 is 0 Å². The Morgan fingerprint density at radius 1 is 0.396 bits per heavy atom. The first-order valence-electron chi connectivity index (χ1n) is 17.8. The molecule has 0 fully saturated rings. The summed E-state index contributed by atoms with van der Waals surface area (Å²) in [7, 11) is 0. The molecule has 248 valence electrons. The van der Waals surface area contributed by atoms with E-state index in [0.717, 1.165) is 66.2 Å². The molecule has 0 amide bonds. The van der Waals surface area contributed by atoms with Gasteiger partial charge in [-0.25, -0.2) is 4.98 Å². The summed E-state index contributed by atoms with van der Waals surface area (Å²) in [4.78, 5) is 7.19. The predicted molar refractivity (Wildman–Crippen MR) is 225 cm³/mol. The topological polar surface area (TPSA) is 29.3 Å². The first-order chi connectivity index (χ1) is 26.2. The summed E-state index contributed by atoms with van der Waals surface area (Å²) in [6, 6.07) is 65.2. The van der Waals surface area contributed by atoms with Crippen molar-refractivity contribution in [3.63, 3.8) is 0 Å². The minimum atomic E-state index is 0.860. The summed E-state index contributed by atoms with van der Waals surface area (Å²) >= 11 is 1.73. The standard InChI is InChI=1S/C49H30N2OS/c1-2-10-36-27-40(20-17-31(36)7-1)51(41-21-18-37-25-34-8-3-4-9-35(34)26-39(37)28-41)42-22-24-44-43-23-19-38(29-46(43)52-47(44)30-42)32-13-15-33(16-14-32)49-50-45-11-5-6-12-48(45)53-49/h1-30H. The third-order valence-corrected chi connectivity index (χ3v) is 11.5. The van der Waals surface area contributed by atoms with E-state index in [9.17, 15) is 0 Å². The van der Waals surface area contributed by atoms with Gasteiger partial charge in [-0.1, -0.05) is 103 Å². The van der Waals surface area contributed by atoms with Gasteiger partial charge in [-0.05, 0) is 116 Å². The van der Waals surface area contributed by atoms with Gasteiger partial charge in [0.05, 0.1) is 10.2 Å². The summed E-state index contributed by atoms with van der Waals surface area (Å²) in [6.45, 7) is 0. The summed E-state index contributed by atoms with van der Waals surface area (Å²) in [5.74, 6) is 0. The SMILES string of the molecule is c1ccc2cc(N(c3ccc4cc5ccccc5cc4c3)c3ccc4c(c3)oc3cc(-c5ccc(-c6nc7ccccc7s6)cc5)ccc34)ccc2c1. The predicted octanol–water partition coefficient (Wildman–Crippen LogP) is 14.5. The quantitative estimate of drug-likeness (QED) is 0.168. The molecule has 0 aliphatic carbocycles. The first kappa shape index (κ1) is 29.9. The molecule has 9 aromatic carbocycles. The van der Waals surface area contributed by atoms with E-state index in [2.05, 4.69) is 181 Å². The third-order valence-electron chi connectivity index (χ3n) is 10.4. The molecule has 0 N–H and O–H groups in total. The molecule has 2 aromatic heterocycles. The van der Waals surface area contributed by atoms with E-state index in [-0.39, 0.29) is 0 Å². The van der Waals surface area contributed by atoms with Crippen molar-refractivity contribution >= 4 is 92.9 Å². The molecule has 11 rings (SSSR count).